The standard InChI is InChI=1S/C32H52O2/c1-20(2)22-12-15-29(6)18-19-31(8)23(27(22)29)10-11-25-30(7)16-14-26(34-21(3)33)28(4,5)24(30)13-17-32(25,31)9/h22-27H,1,10-19H2,2-9H3/t22-,23-,24-,25+,26+,27-,29+,30+,31-,32+/m1/s1. The SMILES string of the molecule is C=C(C)[C@H]1CC[C@@]2(C)CC[C@]3(C)[C@H](CC[C@H]4[C@@]5(C)CC[C@H](OC(C)=O)C(C)(C)[C@H]5CC[C@@]43C)[C@@H]12. The fourth-order valence-electron chi connectivity index (χ4n) is 11.9. The minimum absolute atomic E-state index is 0.0550. The average Bonchev–Trinajstić information content (AvgIpc) is 3.08. The van der Waals surface area contributed by atoms with Crippen molar-refractivity contribution < 1.29 is 9.53 Å². The van der Waals surface area contributed by atoms with E-state index in [2.05, 4.69) is 55.0 Å². The molecule has 5 aliphatic rings. The van der Waals surface area contributed by atoms with Gasteiger partial charge in [0.2, 0.25) is 0 Å². The molecule has 0 unspecified atom stereocenters. The normalized spacial score (nSPS) is 53.6. The molecule has 5 rings (SSSR count). The van der Waals surface area contributed by atoms with Crippen molar-refractivity contribution in [3.05, 3.63) is 12.2 Å². The van der Waals surface area contributed by atoms with Gasteiger partial charge in [-0.1, -0.05) is 53.7 Å². The third-order valence-corrected chi connectivity index (χ3v) is 13.7. The minimum Gasteiger partial charge on any atom is -0.462 e. The van der Waals surface area contributed by atoms with E-state index in [1.54, 1.807) is 6.92 Å². The smallest absolute Gasteiger partial charge is 0.302 e. The lowest BCUT2D eigenvalue weighted by molar-refractivity contribution is -0.248. The van der Waals surface area contributed by atoms with E-state index in [0.29, 0.717) is 27.6 Å². The Morgan fingerprint density at radius 3 is 2.12 bits per heavy atom. The van der Waals surface area contributed by atoms with Crippen molar-refractivity contribution in [1.82, 2.24) is 0 Å². The Kier molecular flexibility index (Phi) is 5.57. The number of carbonyl (C=O) groups is 1. The monoisotopic (exact) mass is 468 g/mol. The van der Waals surface area contributed by atoms with Gasteiger partial charge in [0.1, 0.15) is 6.10 Å². The van der Waals surface area contributed by atoms with Crippen LogP contribution in [-0.2, 0) is 9.53 Å². The molecule has 0 saturated heterocycles. The summed E-state index contributed by atoms with van der Waals surface area (Å²) < 4.78 is 5.91. The summed E-state index contributed by atoms with van der Waals surface area (Å²) >= 11 is 0. The van der Waals surface area contributed by atoms with Crippen LogP contribution in [0.25, 0.3) is 0 Å². The highest BCUT2D eigenvalue weighted by molar-refractivity contribution is 5.66. The van der Waals surface area contributed by atoms with Gasteiger partial charge in [-0.3, -0.25) is 4.79 Å². The molecule has 2 nitrogen and oxygen atoms in total. The summed E-state index contributed by atoms with van der Waals surface area (Å²) in [5, 5.41) is 0. The highest BCUT2D eigenvalue weighted by Gasteiger charge is 2.70. The molecule has 0 aromatic carbocycles. The Morgan fingerprint density at radius 1 is 0.765 bits per heavy atom. The number of rotatable bonds is 2. The Morgan fingerprint density at radius 2 is 1.47 bits per heavy atom. The van der Waals surface area contributed by atoms with Crippen LogP contribution in [0.4, 0.5) is 0 Å². The third kappa shape index (κ3) is 3.08. The molecule has 0 N–H and O–H groups in total. The van der Waals surface area contributed by atoms with Crippen LogP contribution in [0.3, 0.4) is 0 Å². The number of hydrogen-bond donors (Lipinski definition) is 0. The molecule has 5 fully saturated rings. The zero-order valence-corrected chi connectivity index (χ0v) is 23.6. The van der Waals surface area contributed by atoms with Crippen molar-refractivity contribution in [2.75, 3.05) is 0 Å². The summed E-state index contributed by atoms with van der Waals surface area (Å²) in [4.78, 5) is 11.9. The van der Waals surface area contributed by atoms with Crippen molar-refractivity contribution in [3.8, 4) is 0 Å². The molecule has 2 heteroatoms. The van der Waals surface area contributed by atoms with Gasteiger partial charge in [-0.2, -0.15) is 0 Å². The molecule has 0 bridgehead atoms. The predicted octanol–water partition coefficient (Wildman–Crippen LogP) is 8.60. The highest BCUT2D eigenvalue weighted by Crippen LogP contribution is 2.77. The van der Waals surface area contributed by atoms with Gasteiger partial charge in [0.05, 0.1) is 0 Å². The van der Waals surface area contributed by atoms with E-state index in [1.807, 2.05) is 0 Å². The van der Waals surface area contributed by atoms with Crippen LogP contribution in [0, 0.1) is 56.7 Å². The lowest BCUT2D eigenvalue weighted by atomic mass is 9.32. The van der Waals surface area contributed by atoms with Crippen LogP contribution in [0.1, 0.15) is 120 Å². The van der Waals surface area contributed by atoms with E-state index < -0.39 is 0 Å². The van der Waals surface area contributed by atoms with Crippen LogP contribution in [0.15, 0.2) is 12.2 Å². The topological polar surface area (TPSA) is 26.3 Å². The number of carbonyl (C=O) groups excluding carboxylic acids is 1. The van der Waals surface area contributed by atoms with E-state index in [0.717, 1.165) is 30.1 Å². The lowest BCUT2D eigenvalue weighted by Gasteiger charge is -2.73. The van der Waals surface area contributed by atoms with Crippen LogP contribution in [0.2, 0.25) is 0 Å². The second kappa shape index (κ2) is 7.61. The van der Waals surface area contributed by atoms with Gasteiger partial charge in [-0.15, -0.1) is 0 Å². The van der Waals surface area contributed by atoms with Crippen LogP contribution < -0.4 is 0 Å². The minimum atomic E-state index is -0.107. The molecule has 0 aromatic heterocycles. The summed E-state index contributed by atoms with van der Waals surface area (Å²) in [5.41, 5.74) is 3.23. The molecular formula is C32H52O2. The number of esters is 1. The summed E-state index contributed by atoms with van der Waals surface area (Å²) in [5.74, 6) is 3.74. The second-order valence-electron chi connectivity index (χ2n) is 15.3. The molecule has 0 heterocycles. The molecule has 0 amide bonds. The number of fused-ring (bicyclic) bond motifs is 7. The fourth-order valence-corrected chi connectivity index (χ4v) is 11.9. The van der Waals surface area contributed by atoms with Crippen molar-refractivity contribution in [2.45, 2.75) is 126 Å². The first kappa shape index (κ1) is 24.9. The summed E-state index contributed by atoms with van der Waals surface area (Å²) in [7, 11) is 0. The van der Waals surface area contributed by atoms with Crippen LogP contribution in [0.5, 0.6) is 0 Å². The van der Waals surface area contributed by atoms with Gasteiger partial charge in [0.25, 0.3) is 0 Å². The van der Waals surface area contributed by atoms with Gasteiger partial charge in [-0.05, 0) is 122 Å². The van der Waals surface area contributed by atoms with Crippen molar-refractivity contribution in [3.63, 3.8) is 0 Å². The molecule has 34 heavy (non-hydrogen) atoms. The van der Waals surface area contributed by atoms with Crippen LogP contribution >= 0.6 is 0 Å². The Labute approximate surface area is 210 Å². The first-order chi connectivity index (χ1) is 15.7. The quantitative estimate of drug-likeness (QED) is 0.299. The number of allylic oxidation sites excluding steroid dienone is 1. The zero-order valence-electron chi connectivity index (χ0n) is 23.6. The largest absolute Gasteiger partial charge is 0.462 e. The third-order valence-electron chi connectivity index (χ3n) is 13.7. The van der Waals surface area contributed by atoms with Crippen molar-refractivity contribution in [2.24, 2.45) is 56.7 Å². The summed E-state index contributed by atoms with van der Waals surface area (Å²) in [6.45, 7) is 23.9. The molecule has 0 radical (unpaired) electrons. The highest BCUT2D eigenvalue weighted by atomic mass is 16.5. The Balaban J connectivity index is 1.50. The first-order valence-electron chi connectivity index (χ1n) is 14.5. The molecular weight excluding hydrogens is 416 g/mol. The number of hydrogen-bond acceptors (Lipinski definition) is 2. The predicted molar refractivity (Wildman–Crippen MR) is 140 cm³/mol. The van der Waals surface area contributed by atoms with Gasteiger partial charge in [0, 0.05) is 12.3 Å². The van der Waals surface area contributed by atoms with E-state index >= 15 is 0 Å². The van der Waals surface area contributed by atoms with Crippen molar-refractivity contribution in [1.29, 1.82) is 0 Å². The Bertz CT molecular complexity index is 872. The maximum Gasteiger partial charge on any atom is 0.302 e. The molecule has 0 aliphatic heterocycles. The molecule has 10 atom stereocenters. The van der Waals surface area contributed by atoms with Gasteiger partial charge in [-0.25, -0.2) is 0 Å². The second-order valence-corrected chi connectivity index (χ2v) is 15.3. The maximum absolute atomic E-state index is 11.9. The summed E-state index contributed by atoms with van der Waals surface area (Å²) in [6.07, 6.45) is 13.4. The molecule has 5 aliphatic carbocycles. The summed E-state index contributed by atoms with van der Waals surface area (Å²) in [6, 6.07) is 0. The average molecular weight is 469 g/mol. The number of ether oxygens (including phenoxy) is 1. The Hall–Kier alpha value is -0.790. The molecule has 192 valence electrons. The van der Waals surface area contributed by atoms with E-state index in [4.69, 9.17) is 4.74 Å². The zero-order chi connectivity index (χ0) is 24.9. The van der Waals surface area contributed by atoms with Gasteiger partial charge in [0.15, 0.2) is 0 Å². The first-order valence-corrected chi connectivity index (χ1v) is 14.5. The van der Waals surface area contributed by atoms with E-state index in [1.165, 1.54) is 63.4 Å². The maximum atomic E-state index is 11.9. The van der Waals surface area contributed by atoms with Crippen molar-refractivity contribution >= 4 is 5.97 Å². The van der Waals surface area contributed by atoms with Crippen LogP contribution in [-0.4, -0.2) is 12.1 Å². The van der Waals surface area contributed by atoms with E-state index in [-0.39, 0.29) is 17.5 Å². The van der Waals surface area contributed by atoms with E-state index in [9.17, 15) is 4.79 Å². The van der Waals surface area contributed by atoms with Gasteiger partial charge < -0.3 is 4.74 Å². The van der Waals surface area contributed by atoms with Gasteiger partial charge >= 0.3 is 5.97 Å². The molecule has 0 spiro atoms. The fraction of sp³-hybridized carbons (Fsp3) is 0.906. The molecule has 0 aromatic rings. The molecule has 5 saturated carbocycles. The lowest BCUT2D eigenvalue weighted by Crippen LogP contribution is -2.66.